The quantitative estimate of drug-likeness (QED) is 0.718. The Hall–Kier alpha value is -2.24. The molecule has 3 N–H and O–H groups in total. The number of carbonyl (C=O) groups excluding carboxylic acids is 2. The number of methoxy groups -OCH3 is 1. The van der Waals surface area contributed by atoms with Gasteiger partial charge in [0.2, 0.25) is 5.91 Å². The minimum absolute atomic E-state index is 0.0340. The Balaban J connectivity index is 1.70. The van der Waals surface area contributed by atoms with Crippen molar-refractivity contribution in [3.05, 3.63) is 29.8 Å². The lowest BCUT2D eigenvalue weighted by molar-refractivity contribution is -0.120. The number of amides is 3. The summed E-state index contributed by atoms with van der Waals surface area (Å²) in [6.07, 6.45) is 2.04. The molecule has 1 fully saturated rings. The second-order valence-electron chi connectivity index (χ2n) is 4.69. The van der Waals surface area contributed by atoms with Gasteiger partial charge in [-0.25, -0.2) is 4.79 Å². The maximum absolute atomic E-state index is 11.6. The molecule has 6 heteroatoms. The number of carbonyl (C=O) groups is 2. The molecule has 2 rings (SSSR count). The molecule has 0 bridgehead atoms. The lowest BCUT2D eigenvalue weighted by atomic mass is 10.2. The molecule has 0 aromatic heterocycles. The first-order valence-corrected chi connectivity index (χ1v) is 6.62. The third-order valence-electron chi connectivity index (χ3n) is 2.99. The molecule has 0 heterocycles. The summed E-state index contributed by atoms with van der Waals surface area (Å²) in [6, 6.07) is 7.46. The van der Waals surface area contributed by atoms with Crippen molar-refractivity contribution < 1.29 is 14.3 Å². The summed E-state index contributed by atoms with van der Waals surface area (Å²) < 4.78 is 5.20. The highest BCUT2D eigenvalue weighted by Gasteiger charge is 2.23. The van der Waals surface area contributed by atoms with Gasteiger partial charge in [-0.2, -0.15) is 0 Å². The van der Waals surface area contributed by atoms with Crippen molar-refractivity contribution in [1.82, 2.24) is 16.0 Å². The van der Waals surface area contributed by atoms with Crippen molar-refractivity contribution in [2.24, 2.45) is 0 Å². The van der Waals surface area contributed by atoms with Gasteiger partial charge in [0.15, 0.2) is 0 Å². The minimum atomic E-state index is -0.292. The molecule has 3 amide bonds. The molecule has 0 saturated heterocycles. The number of urea groups is 1. The average molecular weight is 277 g/mol. The average Bonchev–Trinajstić information content (AvgIpc) is 3.27. The molecule has 108 valence electrons. The molecule has 1 aromatic rings. The van der Waals surface area contributed by atoms with E-state index in [4.69, 9.17) is 4.74 Å². The molecule has 0 unspecified atom stereocenters. The summed E-state index contributed by atoms with van der Waals surface area (Å²) >= 11 is 0. The summed E-state index contributed by atoms with van der Waals surface area (Å²) in [5.41, 5.74) is 0.894. The topological polar surface area (TPSA) is 79.5 Å². The predicted octanol–water partition coefficient (Wildman–Crippen LogP) is 0.773. The molecule has 1 aliphatic rings. The van der Waals surface area contributed by atoms with E-state index in [-0.39, 0.29) is 24.5 Å². The van der Waals surface area contributed by atoms with Gasteiger partial charge in [-0.3, -0.25) is 4.79 Å². The highest BCUT2D eigenvalue weighted by Crippen LogP contribution is 2.18. The SMILES string of the molecule is COc1ccccc1CNC(=O)CNC(=O)NC1CC1. The smallest absolute Gasteiger partial charge is 0.315 e. The predicted molar refractivity (Wildman–Crippen MR) is 74.4 cm³/mol. The number of rotatable bonds is 6. The Morgan fingerprint density at radius 2 is 2.00 bits per heavy atom. The van der Waals surface area contributed by atoms with E-state index in [9.17, 15) is 9.59 Å². The van der Waals surface area contributed by atoms with Gasteiger partial charge in [0.25, 0.3) is 0 Å². The van der Waals surface area contributed by atoms with Gasteiger partial charge in [-0.05, 0) is 18.9 Å². The van der Waals surface area contributed by atoms with E-state index < -0.39 is 0 Å². The van der Waals surface area contributed by atoms with Crippen LogP contribution in [0, 0.1) is 0 Å². The van der Waals surface area contributed by atoms with E-state index in [1.807, 2.05) is 24.3 Å². The summed E-state index contributed by atoms with van der Waals surface area (Å²) in [4.78, 5) is 23.0. The maximum Gasteiger partial charge on any atom is 0.315 e. The third kappa shape index (κ3) is 4.46. The number of ether oxygens (including phenoxy) is 1. The van der Waals surface area contributed by atoms with Crippen LogP contribution in [-0.2, 0) is 11.3 Å². The van der Waals surface area contributed by atoms with Crippen LogP contribution in [0.4, 0.5) is 4.79 Å². The Bertz CT molecular complexity index is 486. The second-order valence-corrected chi connectivity index (χ2v) is 4.69. The van der Waals surface area contributed by atoms with Crippen LogP contribution in [0.25, 0.3) is 0 Å². The fourth-order valence-electron chi connectivity index (χ4n) is 1.73. The number of hydrogen-bond donors (Lipinski definition) is 3. The van der Waals surface area contributed by atoms with Crippen molar-refractivity contribution >= 4 is 11.9 Å². The first-order valence-electron chi connectivity index (χ1n) is 6.62. The largest absolute Gasteiger partial charge is 0.496 e. The first-order chi connectivity index (χ1) is 9.69. The van der Waals surface area contributed by atoms with Crippen LogP contribution in [0.1, 0.15) is 18.4 Å². The number of para-hydroxylation sites is 1. The van der Waals surface area contributed by atoms with E-state index >= 15 is 0 Å². The van der Waals surface area contributed by atoms with E-state index in [2.05, 4.69) is 16.0 Å². The fraction of sp³-hybridized carbons (Fsp3) is 0.429. The van der Waals surface area contributed by atoms with Crippen molar-refractivity contribution in [1.29, 1.82) is 0 Å². The van der Waals surface area contributed by atoms with Crippen LogP contribution in [0.2, 0.25) is 0 Å². The van der Waals surface area contributed by atoms with Crippen molar-refractivity contribution in [2.45, 2.75) is 25.4 Å². The van der Waals surface area contributed by atoms with Gasteiger partial charge < -0.3 is 20.7 Å². The van der Waals surface area contributed by atoms with Gasteiger partial charge in [0.05, 0.1) is 13.7 Å². The highest BCUT2D eigenvalue weighted by atomic mass is 16.5. The van der Waals surface area contributed by atoms with Gasteiger partial charge in [-0.1, -0.05) is 18.2 Å². The Morgan fingerprint density at radius 3 is 2.70 bits per heavy atom. The molecular weight excluding hydrogens is 258 g/mol. The minimum Gasteiger partial charge on any atom is -0.496 e. The maximum atomic E-state index is 11.6. The molecule has 0 spiro atoms. The Kier molecular flexibility index (Phi) is 4.81. The molecule has 0 radical (unpaired) electrons. The number of nitrogens with one attached hydrogen (secondary N) is 3. The van der Waals surface area contributed by atoms with E-state index in [1.54, 1.807) is 7.11 Å². The van der Waals surface area contributed by atoms with Crippen LogP contribution in [0.15, 0.2) is 24.3 Å². The van der Waals surface area contributed by atoms with Crippen LogP contribution < -0.4 is 20.7 Å². The zero-order chi connectivity index (χ0) is 14.4. The highest BCUT2D eigenvalue weighted by molar-refractivity contribution is 5.84. The second kappa shape index (κ2) is 6.79. The van der Waals surface area contributed by atoms with Crippen LogP contribution in [0.5, 0.6) is 5.75 Å². The summed E-state index contributed by atoms with van der Waals surface area (Å²) in [5, 5.41) is 8.01. The molecular formula is C14H19N3O3. The lowest BCUT2D eigenvalue weighted by Crippen LogP contribution is -2.42. The van der Waals surface area contributed by atoms with E-state index in [1.165, 1.54) is 0 Å². The third-order valence-corrected chi connectivity index (χ3v) is 2.99. The van der Waals surface area contributed by atoms with E-state index in [0.29, 0.717) is 6.54 Å². The zero-order valence-corrected chi connectivity index (χ0v) is 11.4. The molecule has 1 aliphatic carbocycles. The molecule has 1 aromatic carbocycles. The van der Waals surface area contributed by atoms with Gasteiger partial charge in [-0.15, -0.1) is 0 Å². The summed E-state index contributed by atoms with van der Waals surface area (Å²) in [6.45, 7) is 0.336. The van der Waals surface area contributed by atoms with Crippen LogP contribution in [0.3, 0.4) is 0 Å². The summed E-state index contributed by atoms with van der Waals surface area (Å²) in [7, 11) is 1.59. The number of benzene rings is 1. The zero-order valence-electron chi connectivity index (χ0n) is 11.4. The standard InChI is InChI=1S/C14H19N3O3/c1-20-12-5-3-2-4-10(12)8-15-13(18)9-16-14(19)17-11-6-7-11/h2-5,11H,6-9H2,1H3,(H,15,18)(H2,16,17,19). The van der Waals surface area contributed by atoms with Gasteiger partial charge >= 0.3 is 6.03 Å². The Morgan fingerprint density at radius 1 is 1.25 bits per heavy atom. The van der Waals surface area contributed by atoms with Crippen molar-refractivity contribution in [3.8, 4) is 5.75 Å². The first kappa shape index (κ1) is 14.2. The molecule has 1 saturated carbocycles. The monoisotopic (exact) mass is 277 g/mol. The Labute approximate surface area is 117 Å². The van der Waals surface area contributed by atoms with Gasteiger partial charge in [0, 0.05) is 18.2 Å². The van der Waals surface area contributed by atoms with Crippen LogP contribution in [-0.4, -0.2) is 31.6 Å². The number of hydrogen-bond acceptors (Lipinski definition) is 3. The van der Waals surface area contributed by atoms with Crippen molar-refractivity contribution in [3.63, 3.8) is 0 Å². The van der Waals surface area contributed by atoms with Crippen molar-refractivity contribution in [2.75, 3.05) is 13.7 Å². The molecule has 0 aliphatic heterocycles. The lowest BCUT2D eigenvalue weighted by Gasteiger charge is -2.10. The summed E-state index contributed by atoms with van der Waals surface area (Å²) in [5.74, 6) is 0.495. The fourth-order valence-corrected chi connectivity index (χ4v) is 1.73. The molecule has 6 nitrogen and oxygen atoms in total. The molecule has 20 heavy (non-hydrogen) atoms. The normalized spacial score (nSPS) is 13.4. The van der Waals surface area contributed by atoms with Crippen LogP contribution >= 0.6 is 0 Å². The molecule has 0 atom stereocenters. The van der Waals surface area contributed by atoms with E-state index in [0.717, 1.165) is 24.2 Å². The van der Waals surface area contributed by atoms with Gasteiger partial charge in [0.1, 0.15) is 5.75 Å².